The fourth-order valence-electron chi connectivity index (χ4n) is 3.64. The maximum absolute atomic E-state index is 13.2. The van der Waals surface area contributed by atoms with Gasteiger partial charge in [-0.25, -0.2) is 4.98 Å². The molecular formula is C26H23N3O4. The summed E-state index contributed by atoms with van der Waals surface area (Å²) >= 11 is 0. The number of ether oxygens (including phenoxy) is 1. The lowest BCUT2D eigenvalue weighted by Crippen LogP contribution is -2.25. The first kappa shape index (κ1) is 22.0. The molecular weight excluding hydrogens is 418 g/mol. The van der Waals surface area contributed by atoms with E-state index in [1.54, 1.807) is 54.0 Å². The molecule has 1 amide bonds. The minimum atomic E-state index is -0.450. The number of carbonyl (C=O) groups excluding carboxylic acids is 2. The summed E-state index contributed by atoms with van der Waals surface area (Å²) in [7, 11) is 1.51. The van der Waals surface area contributed by atoms with Gasteiger partial charge in [0.2, 0.25) is 11.3 Å². The van der Waals surface area contributed by atoms with Gasteiger partial charge in [0.05, 0.1) is 18.1 Å². The monoisotopic (exact) mass is 441 g/mol. The van der Waals surface area contributed by atoms with Gasteiger partial charge in [0.15, 0.2) is 5.78 Å². The molecule has 0 radical (unpaired) electrons. The molecule has 4 aromatic rings. The van der Waals surface area contributed by atoms with Crippen LogP contribution >= 0.6 is 0 Å². The van der Waals surface area contributed by atoms with Crippen LogP contribution in [0, 0.1) is 13.8 Å². The molecule has 0 spiro atoms. The summed E-state index contributed by atoms with van der Waals surface area (Å²) in [5, 5.41) is 3.13. The molecule has 0 saturated heterocycles. The Balaban J connectivity index is 1.77. The topological polar surface area (TPSA) is 90.3 Å². The number of aryl methyl sites for hydroxylation is 2. The number of rotatable bonds is 6. The Morgan fingerprint density at radius 1 is 1.03 bits per heavy atom. The Hall–Kier alpha value is -4.26. The minimum Gasteiger partial charge on any atom is -0.497 e. The highest BCUT2D eigenvalue weighted by Crippen LogP contribution is 2.18. The van der Waals surface area contributed by atoms with Crippen molar-refractivity contribution in [3.63, 3.8) is 0 Å². The van der Waals surface area contributed by atoms with E-state index in [1.807, 2.05) is 25.1 Å². The lowest BCUT2D eigenvalue weighted by atomic mass is 10.0. The van der Waals surface area contributed by atoms with Crippen molar-refractivity contribution in [3.05, 3.63) is 99.5 Å². The molecule has 33 heavy (non-hydrogen) atoms. The van der Waals surface area contributed by atoms with Gasteiger partial charge >= 0.3 is 0 Å². The molecule has 7 nitrogen and oxygen atoms in total. The molecule has 0 aliphatic heterocycles. The number of benzene rings is 2. The average molecular weight is 441 g/mol. The van der Waals surface area contributed by atoms with E-state index >= 15 is 0 Å². The number of amides is 1. The second-order valence-corrected chi connectivity index (χ2v) is 7.80. The van der Waals surface area contributed by atoms with E-state index in [0.29, 0.717) is 28.3 Å². The number of fused-ring (bicyclic) bond motifs is 1. The van der Waals surface area contributed by atoms with E-state index in [9.17, 15) is 14.4 Å². The van der Waals surface area contributed by atoms with Crippen molar-refractivity contribution in [2.75, 3.05) is 12.4 Å². The van der Waals surface area contributed by atoms with Gasteiger partial charge in [0.1, 0.15) is 17.9 Å². The van der Waals surface area contributed by atoms with Crippen LogP contribution in [0.25, 0.3) is 11.0 Å². The van der Waals surface area contributed by atoms with Crippen molar-refractivity contribution in [1.82, 2.24) is 9.55 Å². The van der Waals surface area contributed by atoms with Crippen LogP contribution in [0.3, 0.4) is 0 Å². The van der Waals surface area contributed by atoms with Crippen LogP contribution in [-0.4, -0.2) is 28.4 Å². The Bertz CT molecular complexity index is 1440. The number of aromatic nitrogens is 2. The van der Waals surface area contributed by atoms with E-state index in [2.05, 4.69) is 10.3 Å². The molecule has 2 aromatic carbocycles. The average Bonchev–Trinajstić information content (AvgIpc) is 2.80. The Morgan fingerprint density at radius 2 is 1.82 bits per heavy atom. The zero-order valence-electron chi connectivity index (χ0n) is 18.6. The van der Waals surface area contributed by atoms with Crippen LogP contribution in [-0.2, 0) is 11.3 Å². The van der Waals surface area contributed by atoms with Gasteiger partial charge < -0.3 is 14.6 Å². The fraction of sp³-hybridized carbons (Fsp3) is 0.154. The molecule has 4 rings (SSSR count). The number of hydrogen-bond acceptors (Lipinski definition) is 5. The number of nitrogens with zero attached hydrogens (tertiary/aromatic N) is 2. The minimum absolute atomic E-state index is 0.0373. The summed E-state index contributed by atoms with van der Waals surface area (Å²) in [6.07, 6.45) is 1.41. The number of carbonyl (C=O) groups is 2. The second kappa shape index (κ2) is 9.08. The molecule has 0 aliphatic carbocycles. The van der Waals surface area contributed by atoms with Gasteiger partial charge in [-0.2, -0.15) is 0 Å². The fourth-order valence-corrected chi connectivity index (χ4v) is 3.64. The summed E-state index contributed by atoms with van der Waals surface area (Å²) < 4.78 is 6.74. The number of methoxy groups -OCH3 is 1. The lowest BCUT2D eigenvalue weighted by Gasteiger charge is -2.13. The van der Waals surface area contributed by atoms with Crippen molar-refractivity contribution in [2.45, 2.75) is 20.4 Å². The molecule has 0 unspecified atom stereocenters. The third-order valence-corrected chi connectivity index (χ3v) is 5.25. The van der Waals surface area contributed by atoms with Crippen molar-refractivity contribution in [3.8, 4) is 5.75 Å². The van der Waals surface area contributed by atoms with E-state index in [1.165, 1.54) is 13.3 Å². The van der Waals surface area contributed by atoms with Crippen LogP contribution in [0.4, 0.5) is 5.69 Å². The molecule has 1 N–H and O–H groups in total. The van der Waals surface area contributed by atoms with Crippen molar-refractivity contribution in [1.29, 1.82) is 0 Å². The Kier molecular flexibility index (Phi) is 6.04. The number of nitrogens with one attached hydrogen (secondary N) is 1. The molecule has 0 aliphatic rings. The Morgan fingerprint density at radius 3 is 2.58 bits per heavy atom. The highest BCUT2D eigenvalue weighted by molar-refractivity contribution is 6.10. The van der Waals surface area contributed by atoms with Crippen LogP contribution in [0.2, 0.25) is 0 Å². The third kappa shape index (κ3) is 4.67. The highest BCUT2D eigenvalue weighted by Gasteiger charge is 2.19. The molecule has 0 atom stereocenters. The zero-order chi connectivity index (χ0) is 23.5. The molecule has 0 saturated carbocycles. The van der Waals surface area contributed by atoms with Gasteiger partial charge in [-0.3, -0.25) is 14.4 Å². The van der Waals surface area contributed by atoms with Gasteiger partial charge in [-0.1, -0.05) is 24.3 Å². The molecule has 0 fully saturated rings. The smallest absolute Gasteiger partial charge is 0.244 e. The van der Waals surface area contributed by atoms with E-state index in [4.69, 9.17) is 4.74 Å². The van der Waals surface area contributed by atoms with Gasteiger partial charge in [-0.05, 0) is 55.8 Å². The van der Waals surface area contributed by atoms with Crippen LogP contribution < -0.4 is 15.5 Å². The van der Waals surface area contributed by atoms with Gasteiger partial charge in [0, 0.05) is 23.1 Å². The van der Waals surface area contributed by atoms with Gasteiger partial charge in [0.25, 0.3) is 0 Å². The van der Waals surface area contributed by atoms with Crippen LogP contribution in [0.5, 0.6) is 5.75 Å². The predicted octanol–water partition coefficient (Wildman–Crippen LogP) is 3.89. The summed E-state index contributed by atoms with van der Waals surface area (Å²) in [6, 6.07) is 17.4. The van der Waals surface area contributed by atoms with Crippen LogP contribution in [0.1, 0.15) is 27.2 Å². The standard InChI is InChI=1S/C26H23N3O4/c1-16-6-4-8-19(12-16)28-23(30)15-29-14-22(24(31)18-7-5-9-20(13-18)33-3)25(32)21-11-10-17(2)27-26(21)29/h4-14H,15H2,1-3H3,(H,28,30). The first-order valence-electron chi connectivity index (χ1n) is 10.4. The molecule has 2 heterocycles. The SMILES string of the molecule is COc1cccc(C(=O)c2cn(CC(=O)Nc3cccc(C)c3)c3nc(C)ccc3c2=O)c1. The predicted molar refractivity (Wildman–Crippen MR) is 127 cm³/mol. The van der Waals surface area contributed by atoms with E-state index in [0.717, 1.165) is 5.56 Å². The van der Waals surface area contributed by atoms with E-state index in [-0.39, 0.29) is 23.4 Å². The summed E-state index contributed by atoms with van der Waals surface area (Å²) in [5.41, 5.74) is 2.59. The second-order valence-electron chi connectivity index (χ2n) is 7.80. The molecule has 7 heteroatoms. The molecule has 166 valence electrons. The molecule has 2 aromatic heterocycles. The van der Waals surface area contributed by atoms with Crippen molar-refractivity contribution < 1.29 is 14.3 Å². The summed E-state index contributed by atoms with van der Waals surface area (Å²) in [6.45, 7) is 3.63. The van der Waals surface area contributed by atoms with Crippen LogP contribution in [0.15, 0.2) is 71.7 Å². The van der Waals surface area contributed by atoms with Crippen molar-refractivity contribution >= 4 is 28.4 Å². The maximum Gasteiger partial charge on any atom is 0.244 e. The number of hydrogen-bond donors (Lipinski definition) is 1. The number of anilines is 1. The number of pyridine rings is 2. The maximum atomic E-state index is 13.2. The third-order valence-electron chi connectivity index (χ3n) is 5.25. The lowest BCUT2D eigenvalue weighted by molar-refractivity contribution is -0.116. The van der Waals surface area contributed by atoms with E-state index < -0.39 is 11.2 Å². The summed E-state index contributed by atoms with van der Waals surface area (Å²) in [5.74, 6) is -0.236. The largest absolute Gasteiger partial charge is 0.497 e. The summed E-state index contributed by atoms with van der Waals surface area (Å²) in [4.78, 5) is 43.7. The zero-order valence-corrected chi connectivity index (χ0v) is 18.6. The molecule has 0 bridgehead atoms. The van der Waals surface area contributed by atoms with Gasteiger partial charge in [-0.15, -0.1) is 0 Å². The first-order valence-corrected chi connectivity index (χ1v) is 10.4. The van der Waals surface area contributed by atoms with Crippen molar-refractivity contribution in [2.24, 2.45) is 0 Å². The highest BCUT2D eigenvalue weighted by atomic mass is 16.5. The number of ketones is 1. The Labute approximate surface area is 190 Å². The normalized spacial score (nSPS) is 10.8. The first-order chi connectivity index (χ1) is 15.9. The quantitative estimate of drug-likeness (QED) is 0.459.